The minimum atomic E-state index is 0.400. The molecule has 1 aliphatic carbocycles. The van der Waals surface area contributed by atoms with Crippen LogP contribution in [-0.4, -0.2) is 37.1 Å². The van der Waals surface area contributed by atoms with E-state index in [2.05, 4.69) is 45.1 Å². The van der Waals surface area contributed by atoms with Crippen molar-refractivity contribution in [2.75, 3.05) is 20.6 Å². The molecule has 0 bridgehead atoms. The minimum Gasteiger partial charge on any atom is -0.312 e. The van der Waals surface area contributed by atoms with Crippen LogP contribution in [0.5, 0.6) is 0 Å². The molecule has 0 spiro atoms. The SMILES string of the molecule is CCCCC(CC)NCC1(N(C)C)CCCC(C)C1. The van der Waals surface area contributed by atoms with Gasteiger partial charge >= 0.3 is 0 Å². The van der Waals surface area contributed by atoms with Gasteiger partial charge in [0.15, 0.2) is 0 Å². The Balaban J connectivity index is 2.53. The Morgan fingerprint density at radius 1 is 1.32 bits per heavy atom. The number of rotatable bonds is 8. The van der Waals surface area contributed by atoms with E-state index in [1.54, 1.807) is 0 Å². The van der Waals surface area contributed by atoms with Gasteiger partial charge in [-0.3, -0.25) is 0 Å². The van der Waals surface area contributed by atoms with E-state index in [1.807, 2.05) is 0 Å². The van der Waals surface area contributed by atoms with Gasteiger partial charge in [-0.25, -0.2) is 0 Å². The van der Waals surface area contributed by atoms with Crippen molar-refractivity contribution < 1.29 is 0 Å². The third-order valence-corrected chi connectivity index (χ3v) is 5.13. The molecule has 3 atom stereocenters. The van der Waals surface area contributed by atoms with Gasteiger partial charge in [-0.2, -0.15) is 0 Å². The van der Waals surface area contributed by atoms with E-state index in [1.165, 1.54) is 57.9 Å². The lowest BCUT2D eigenvalue weighted by molar-refractivity contribution is 0.0716. The molecule has 1 rings (SSSR count). The summed E-state index contributed by atoms with van der Waals surface area (Å²) in [6.45, 7) is 8.20. The van der Waals surface area contributed by atoms with Gasteiger partial charge in [0.1, 0.15) is 0 Å². The van der Waals surface area contributed by atoms with E-state index in [-0.39, 0.29) is 0 Å². The number of nitrogens with one attached hydrogen (secondary N) is 1. The molecule has 0 aromatic rings. The molecule has 0 aliphatic heterocycles. The quantitative estimate of drug-likeness (QED) is 0.714. The van der Waals surface area contributed by atoms with Crippen molar-refractivity contribution in [3.63, 3.8) is 0 Å². The van der Waals surface area contributed by atoms with Gasteiger partial charge in [0, 0.05) is 18.1 Å². The maximum Gasteiger partial charge on any atom is 0.0330 e. The van der Waals surface area contributed by atoms with Gasteiger partial charge in [-0.05, 0) is 45.7 Å². The normalized spacial score (nSPS) is 29.7. The molecule has 1 saturated carbocycles. The molecule has 1 aliphatic rings. The van der Waals surface area contributed by atoms with Crippen LogP contribution in [-0.2, 0) is 0 Å². The Bertz CT molecular complexity index is 239. The zero-order valence-electron chi connectivity index (χ0n) is 14.0. The number of hydrogen-bond acceptors (Lipinski definition) is 2. The molecule has 0 aromatic heterocycles. The van der Waals surface area contributed by atoms with Crippen LogP contribution < -0.4 is 5.32 Å². The van der Waals surface area contributed by atoms with E-state index in [4.69, 9.17) is 0 Å². The van der Waals surface area contributed by atoms with Gasteiger partial charge < -0.3 is 10.2 Å². The zero-order chi connectivity index (χ0) is 14.3. The molecule has 0 saturated heterocycles. The first-order chi connectivity index (χ1) is 9.04. The molecule has 1 N–H and O–H groups in total. The van der Waals surface area contributed by atoms with Crippen molar-refractivity contribution in [3.8, 4) is 0 Å². The fourth-order valence-electron chi connectivity index (χ4n) is 3.59. The molecule has 2 heteroatoms. The van der Waals surface area contributed by atoms with Crippen LogP contribution in [0.3, 0.4) is 0 Å². The number of hydrogen-bond donors (Lipinski definition) is 1. The van der Waals surface area contributed by atoms with Crippen molar-refractivity contribution >= 4 is 0 Å². The second-order valence-corrected chi connectivity index (χ2v) is 6.95. The molecular formula is C17H36N2. The molecule has 0 radical (unpaired) electrons. The van der Waals surface area contributed by atoms with E-state index in [0.29, 0.717) is 11.6 Å². The highest BCUT2D eigenvalue weighted by molar-refractivity contribution is 4.95. The average molecular weight is 268 g/mol. The van der Waals surface area contributed by atoms with Crippen LogP contribution in [0, 0.1) is 5.92 Å². The number of nitrogens with zero attached hydrogens (tertiary/aromatic N) is 1. The van der Waals surface area contributed by atoms with E-state index < -0.39 is 0 Å². The average Bonchev–Trinajstić information content (AvgIpc) is 2.39. The summed E-state index contributed by atoms with van der Waals surface area (Å²) in [5, 5.41) is 3.88. The summed E-state index contributed by atoms with van der Waals surface area (Å²) in [5.41, 5.74) is 0.400. The first-order valence-corrected chi connectivity index (χ1v) is 8.45. The van der Waals surface area contributed by atoms with Crippen LogP contribution in [0.25, 0.3) is 0 Å². The highest BCUT2D eigenvalue weighted by atomic mass is 15.2. The molecule has 3 unspecified atom stereocenters. The third-order valence-electron chi connectivity index (χ3n) is 5.13. The summed E-state index contributed by atoms with van der Waals surface area (Å²) in [4.78, 5) is 2.49. The van der Waals surface area contributed by atoms with Crippen molar-refractivity contribution in [2.45, 2.75) is 83.7 Å². The molecule has 2 nitrogen and oxygen atoms in total. The largest absolute Gasteiger partial charge is 0.312 e. The minimum absolute atomic E-state index is 0.400. The Labute approximate surface area is 121 Å². The summed E-state index contributed by atoms with van der Waals surface area (Å²) in [7, 11) is 4.54. The second-order valence-electron chi connectivity index (χ2n) is 6.95. The molecule has 1 fully saturated rings. The predicted octanol–water partition coefficient (Wildman–Crippen LogP) is 4.06. The lowest BCUT2D eigenvalue weighted by atomic mass is 9.75. The van der Waals surface area contributed by atoms with Gasteiger partial charge in [0.2, 0.25) is 0 Å². The van der Waals surface area contributed by atoms with Crippen molar-refractivity contribution in [2.24, 2.45) is 5.92 Å². The number of likely N-dealkylation sites (N-methyl/N-ethyl adjacent to an activating group) is 1. The summed E-state index contributed by atoms with van der Waals surface area (Å²) >= 11 is 0. The molecule has 19 heavy (non-hydrogen) atoms. The third kappa shape index (κ3) is 5.07. The van der Waals surface area contributed by atoms with Crippen LogP contribution in [0.1, 0.15) is 72.1 Å². The molecular weight excluding hydrogens is 232 g/mol. The second kappa shape index (κ2) is 8.26. The Morgan fingerprint density at radius 3 is 2.58 bits per heavy atom. The molecule has 0 heterocycles. The van der Waals surface area contributed by atoms with Crippen molar-refractivity contribution in [3.05, 3.63) is 0 Å². The molecule has 114 valence electrons. The lowest BCUT2D eigenvalue weighted by Gasteiger charge is -2.46. The Morgan fingerprint density at radius 2 is 2.05 bits per heavy atom. The van der Waals surface area contributed by atoms with E-state index >= 15 is 0 Å². The van der Waals surface area contributed by atoms with E-state index in [9.17, 15) is 0 Å². The number of unbranched alkanes of at least 4 members (excludes halogenated alkanes) is 1. The smallest absolute Gasteiger partial charge is 0.0330 e. The summed E-state index contributed by atoms with van der Waals surface area (Å²) < 4.78 is 0. The van der Waals surface area contributed by atoms with Crippen LogP contribution in [0.2, 0.25) is 0 Å². The van der Waals surface area contributed by atoms with Gasteiger partial charge in [0.05, 0.1) is 0 Å². The molecule has 0 aromatic carbocycles. The fraction of sp³-hybridized carbons (Fsp3) is 1.00. The van der Waals surface area contributed by atoms with Gasteiger partial charge in [0.25, 0.3) is 0 Å². The van der Waals surface area contributed by atoms with Gasteiger partial charge in [-0.15, -0.1) is 0 Å². The standard InChI is InChI=1S/C17H36N2/c1-6-8-11-16(7-2)18-14-17(19(4)5)12-9-10-15(3)13-17/h15-16,18H,6-14H2,1-5H3. The zero-order valence-corrected chi connectivity index (χ0v) is 14.0. The maximum atomic E-state index is 3.88. The van der Waals surface area contributed by atoms with Gasteiger partial charge in [-0.1, -0.05) is 46.5 Å². The van der Waals surface area contributed by atoms with Crippen LogP contribution in [0.4, 0.5) is 0 Å². The summed E-state index contributed by atoms with van der Waals surface area (Å²) in [6.07, 6.45) is 10.8. The summed E-state index contributed by atoms with van der Waals surface area (Å²) in [6, 6.07) is 0.717. The predicted molar refractivity (Wildman–Crippen MR) is 85.7 cm³/mol. The topological polar surface area (TPSA) is 15.3 Å². The summed E-state index contributed by atoms with van der Waals surface area (Å²) in [5.74, 6) is 0.883. The fourth-order valence-corrected chi connectivity index (χ4v) is 3.59. The van der Waals surface area contributed by atoms with Crippen molar-refractivity contribution in [1.29, 1.82) is 0 Å². The first kappa shape index (κ1) is 17.0. The molecule has 0 amide bonds. The van der Waals surface area contributed by atoms with Crippen LogP contribution in [0.15, 0.2) is 0 Å². The monoisotopic (exact) mass is 268 g/mol. The lowest BCUT2D eigenvalue weighted by Crippen LogP contribution is -2.55. The van der Waals surface area contributed by atoms with Crippen molar-refractivity contribution in [1.82, 2.24) is 10.2 Å². The highest BCUT2D eigenvalue weighted by Crippen LogP contribution is 2.35. The highest BCUT2D eigenvalue weighted by Gasteiger charge is 2.36. The first-order valence-electron chi connectivity index (χ1n) is 8.45. The van der Waals surface area contributed by atoms with E-state index in [0.717, 1.165) is 5.92 Å². The Kier molecular flexibility index (Phi) is 7.38. The van der Waals surface area contributed by atoms with Crippen LogP contribution >= 0.6 is 0 Å². The maximum absolute atomic E-state index is 3.88. The Hall–Kier alpha value is -0.0800.